The van der Waals surface area contributed by atoms with Crippen LogP contribution in [0.4, 0.5) is 0 Å². The number of nitrogens with one attached hydrogen (secondary N) is 2. The summed E-state index contributed by atoms with van der Waals surface area (Å²) >= 11 is 6.35. The number of carbonyl (C=O) groups excluding carboxylic acids is 1. The van der Waals surface area contributed by atoms with Crippen LogP contribution in [0.25, 0.3) is 11.3 Å². The van der Waals surface area contributed by atoms with Crippen molar-refractivity contribution in [2.24, 2.45) is 5.41 Å². The molecule has 1 saturated carbocycles. The van der Waals surface area contributed by atoms with Gasteiger partial charge in [0.05, 0.1) is 34.0 Å². The van der Waals surface area contributed by atoms with Crippen LogP contribution in [0.3, 0.4) is 0 Å². The number of aromatic nitrogens is 2. The zero-order valence-corrected chi connectivity index (χ0v) is 19.7. The van der Waals surface area contributed by atoms with Gasteiger partial charge in [-0.15, -0.1) is 0 Å². The number of aliphatic hydroxyl groups is 2. The van der Waals surface area contributed by atoms with Crippen LogP contribution in [0, 0.1) is 12.3 Å². The number of hydrogen-bond donors (Lipinski definition) is 4. The lowest BCUT2D eigenvalue weighted by Crippen LogP contribution is -2.48. The Balaban J connectivity index is 1.51. The van der Waals surface area contributed by atoms with Crippen molar-refractivity contribution in [3.63, 3.8) is 0 Å². The molecule has 1 amide bonds. The molecule has 32 heavy (non-hydrogen) atoms. The molecule has 0 bridgehead atoms. The SMILES string of the molecule is Cc1cc(-c2ccc(Cl)c(C(=O)NCC3(O)CCCC(C)(C)C3)c2)nn1C1CNCC1O. The Hall–Kier alpha value is -1.93. The average molecular weight is 461 g/mol. The quantitative estimate of drug-likeness (QED) is 0.549. The predicted molar refractivity (Wildman–Crippen MR) is 125 cm³/mol. The molecule has 2 fully saturated rings. The van der Waals surface area contributed by atoms with Gasteiger partial charge in [-0.05, 0) is 56.2 Å². The van der Waals surface area contributed by atoms with E-state index in [-0.39, 0.29) is 23.9 Å². The lowest BCUT2D eigenvalue weighted by Gasteiger charge is -2.41. The van der Waals surface area contributed by atoms with Crippen molar-refractivity contribution in [2.75, 3.05) is 19.6 Å². The molecule has 7 nitrogen and oxygen atoms in total. The summed E-state index contributed by atoms with van der Waals surface area (Å²) in [5.74, 6) is -0.305. The van der Waals surface area contributed by atoms with Crippen LogP contribution in [0.1, 0.15) is 61.6 Å². The van der Waals surface area contributed by atoms with Gasteiger partial charge in [0.15, 0.2) is 0 Å². The van der Waals surface area contributed by atoms with Crippen molar-refractivity contribution in [3.05, 3.63) is 40.5 Å². The van der Waals surface area contributed by atoms with E-state index in [2.05, 4.69) is 24.5 Å². The topological polar surface area (TPSA) is 99.4 Å². The first-order chi connectivity index (χ1) is 15.1. The summed E-state index contributed by atoms with van der Waals surface area (Å²) in [4.78, 5) is 12.9. The van der Waals surface area contributed by atoms with Crippen LogP contribution in [0.5, 0.6) is 0 Å². The van der Waals surface area contributed by atoms with E-state index in [1.807, 2.05) is 23.7 Å². The highest BCUT2D eigenvalue weighted by Gasteiger charge is 2.38. The van der Waals surface area contributed by atoms with Crippen molar-refractivity contribution in [3.8, 4) is 11.3 Å². The summed E-state index contributed by atoms with van der Waals surface area (Å²) in [6.07, 6.45) is 2.89. The normalized spacial score (nSPS) is 27.4. The van der Waals surface area contributed by atoms with Crippen molar-refractivity contribution < 1.29 is 15.0 Å². The van der Waals surface area contributed by atoms with Gasteiger partial charge in [0, 0.05) is 30.9 Å². The number of aliphatic hydroxyl groups excluding tert-OH is 1. The fraction of sp³-hybridized carbons (Fsp3) is 0.583. The number of hydrogen-bond acceptors (Lipinski definition) is 5. The zero-order chi connectivity index (χ0) is 23.1. The third-order valence-corrected chi connectivity index (χ3v) is 7.11. The molecule has 8 heteroatoms. The molecular formula is C24H33ClN4O3. The van der Waals surface area contributed by atoms with Gasteiger partial charge >= 0.3 is 0 Å². The van der Waals surface area contributed by atoms with E-state index >= 15 is 0 Å². The molecule has 0 radical (unpaired) electrons. The Morgan fingerprint density at radius 1 is 1.31 bits per heavy atom. The predicted octanol–water partition coefficient (Wildman–Crippen LogP) is 3.08. The highest BCUT2D eigenvalue weighted by atomic mass is 35.5. The molecule has 1 aliphatic heterocycles. The molecule has 1 aromatic carbocycles. The Labute approximate surface area is 194 Å². The van der Waals surface area contributed by atoms with Gasteiger partial charge < -0.3 is 20.8 Å². The highest BCUT2D eigenvalue weighted by molar-refractivity contribution is 6.34. The molecule has 2 heterocycles. The van der Waals surface area contributed by atoms with E-state index in [0.717, 1.165) is 29.8 Å². The molecule has 3 unspecified atom stereocenters. The van der Waals surface area contributed by atoms with Crippen LogP contribution < -0.4 is 10.6 Å². The first-order valence-corrected chi connectivity index (χ1v) is 11.7. The van der Waals surface area contributed by atoms with E-state index < -0.39 is 11.7 Å². The van der Waals surface area contributed by atoms with Gasteiger partial charge in [0.25, 0.3) is 5.91 Å². The van der Waals surface area contributed by atoms with Crippen LogP contribution >= 0.6 is 11.6 Å². The van der Waals surface area contributed by atoms with E-state index in [1.165, 1.54) is 0 Å². The van der Waals surface area contributed by atoms with Crippen molar-refractivity contribution in [1.82, 2.24) is 20.4 Å². The smallest absolute Gasteiger partial charge is 0.252 e. The monoisotopic (exact) mass is 460 g/mol. The van der Waals surface area contributed by atoms with Gasteiger partial charge in [-0.25, -0.2) is 0 Å². The summed E-state index contributed by atoms with van der Waals surface area (Å²) in [5, 5.41) is 32.3. The average Bonchev–Trinajstić information content (AvgIpc) is 3.30. The summed E-state index contributed by atoms with van der Waals surface area (Å²) in [7, 11) is 0. The van der Waals surface area contributed by atoms with Gasteiger partial charge in [-0.1, -0.05) is 31.5 Å². The van der Waals surface area contributed by atoms with E-state index in [0.29, 0.717) is 36.5 Å². The minimum Gasteiger partial charge on any atom is -0.390 e. The maximum atomic E-state index is 12.9. The lowest BCUT2D eigenvalue weighted by atomic mass is 9.70. The fourth-order valence-electron chi connectivity index (χ4n) is 5.18. The Morgan fingerprint density at radius 3 is 2.78 bits per heavy atom. The second-order valence-electron chi connectivity index (χ2n) is 10.2. The molecule has 4 rings (SSSR count). The molecule has 3 atom stereocenters. The summed E-state index contributed by atoms with van der Waals surface area (Å²) in [6.45, 7) is 7.68. The van der Waals surface area contributed by atoms with Gasteiger partial charge in [0.2, 0.25) is 0 Å². The van der Waals surface area contributed by atoms with Crippen LogP contribution in [0.15, 0.2) is 24.3 Å². The molecule has 2 aliphatic rings. The number of rotatable bonds is 5. The number of aryl methyl sites for hydroxylation is 1. The highest BCUT2D eigenvalue weighted by Crippen LogP contribution is 2.40. The Morgan fingerprint density at radius 2 is 2.09 bits per heavy atom. The number of nitrogens with zero attached hydrogens (tertiary/aromatic N) is 2. The number of β-amino-alcohol motifs (C(OH)–C–C–N with tert-alkyl or cyclic N) is 1. The number of halogens is 1. The summed E-state index contributed by atoms with van der Waals surface area (Å²) < 4.78 is 1.84. The lowest BCUT2D eigenvalue weighted by molar-refractivity contribution is -0.0361. The first-order valence-electron chi connectivity index (χ1n) is 11.3. The Kier molecular flexibility index (Phi) is 6.38. The summed E-state index contributed by atoms with van der Waals surface area (Å²) in [6, 6.07) is 7.11. The van der Waals surface area contributed by atoms with Crippen molar-refractivity contribution >= 4 is 17.5 Å². The molecular weight excluding hydrogens is 428 g/mol. The minimum atomic E-state index is -0.895. The van der Waals surface area contributed by atoms with E-state index in [9.17, 15) is 15.0 Å². The number of amides is 1. The standard InChI is InChI=1S/C24H33ClN4O3/c1-15-9-19(28-29(15)20-11-26-12-21(20)30)16-5-6-18(25)17(10-16)22(31)27-14-24(32)8-4-7-23(2,3)13-24/h5-6,9-10,20-21,26,30,32H,4,7-8,11-14H2,1-3H3,(H,27,31). The van der Waals surface area contributed by atoms with Crippen LogP contribution in [-0.2, 0) is 0 Å². The van der Waals surface area contributed by atoms with Gasteiger partial charge in [-0.2, -0.15) is 5.10 Å². The number of benzene rings is 1. The molecule has 4 N–H and O–H groups in total. The zero-order valence-electron chi connectivity index (χ0n) is 19.0. The van der Waals surface area contributed by atoms with Gasteiger partial charge in [-0.3, -0.25) is 9.48 Å². The van der Waals surface area contributed by atoms with Crippen molar-refractivity contribution in [2.45, 2.75) is 64.2 Å². The van der Waals surface area contributed by atoms with Crippen molar-refractivity contribution in [1.29, 1.82) is 0 Å². The van der Waals surface area contributed by atoms with Crippen LogP contribution in [-0.4, -0.2) is 57.2 Å². The number of carbonyl (C=O) groups is 1. The third-order valence-electron chi connectivity index (χ3n) is 6.78. The van der Waals surface area contributed by atoms with E-state index in [4.69, 9.17) is 16.7 Å². The maximum absolute atomic E-state index is 12.9. The molecule has 174 valence electrons. The second-order valence-corrected chi connectivity index (χ2v) is 10.6. The maximum Gasteiger partial charge on any atom is 0.252 e. The Bertz CT molecular complexity index is 1010. The molecule has 1 aromatic heterocycles. The van der Waals surface area contributed by atoms with Crippen LogP contribution in [0.2, 0.25) is 5.02 Å². The molecule has 1 aliphatic carbocycles. The summed E-state index contributed by atoms with van der Waals surface area (Å²) in [5.41, 5.74) is 1.97. The largest absolute Gasteiger partial charge is 0.390 e. The fourth-order valence-corrected chi connectivity index (χ4v) is 5.38. The molecule has 1 saturated heterocycles. The molecule has 0 spiro atoms. The van der Waals surface area contributed by atoms with Gasteiger partial charge in [0.1, 0.15) is 0 Å². The third kappa shape index (κ3) is 4.86. The minimum absolute atomic E-state index is 0.0639. The first kappa shape index (κ1) is 23.2. The second kappa shape index (κ2) is 8.78. The van der Waals surface area contributed by atoms with E-state index in [1.54, 1.807) is 12.1 Å². The molecule has 2 aromatic rings.